The van der Waals surface area contributed by atoms with Crippen LogP contribution < -0.4 is 0 Å². The third kappa shape index (κ3) is 5.79. The number of fused-ring (bicyclic) bond motifs is 2. The molecule has 0 radical (unpaired) electrons. The molecule has 5 heteroatoms. The van der Waals surface area contributed by atoms with Crippen LogP contribution in [0.1, 0.15) is 19.4 Å². The van der Waals surface area contributed by atoms with Crippen molar-refractivity contribution in [2.75, 3.05) is 0 Å². The van der Waals surface area contributed by atoms with Crippen LogP contribution in [0.3, 0.4) is 0 Å². The zero-order valence-corrected chi connectivity index (χ0v) is 26.7. The average Bonchev–Trinajstić information content (AvgIpc) is 3.18. The lowest BCUT2D eigenvalue weighted by atomic mass is 9.95. The van der Waals surface area contributed by atoms with Gasteiger partial charge in [-0.1, -0.05) is 135 Å². The Morgan fingerprint density at radius 3 is 1.54 bits per heavy atom. The van der Waals surface area contributed by atoms with E-state index in [9.17, 15) is 5.26 Å². The molecule has 2 aromatic heterocycles. The summed E-state index contributed by atoms with van der Waals surface area (Å²) in [6.45, 7) is 4.00. The summed E-state index contributed by atoms with van der Waals surface area (Å²) >= 11 is 0. The van der Waals surface area contributed by atoms with Crippen LogP contribution in [0.2, 0.25) is 0 Å². The zero-order chi connectivity index (χ0) is 32.9. The van der Waals surface area contributed by atoms with E-state index in [-0.39, 0.29) is 0 Å². The second-order valence-electron chi connectivity index (χ2n) is 11.0. The van der Waals surface area contributed by atoms with Gasteiger partial charge in [0, 0.05) is 27.8 Å². The van der Waals surface area contributed by atoms with Crippen LogP contribution in [-0.4, -0.2) is 19.9 Å². The molecule has 0 saturated carbocycles. The van der Waals surface area contributed by atoms with E-state index in [0.717, 1.165) is 72.4 Å². The second kappa shape index (κ2) is 13.5. The Balaban J connectivity index is 0.00000179. The van der Waals surface area contributed by atoms with Crippen molar-refractivity contribution in [3.8, 4) is 62.5 Å². The molecular weight excluding hydrogens is 587 g/mol. The fourth-order valence-corrected chi connectivity index (χ4v) is 5.92. The van der Waals surface area contributed by atoms with Crippen molar-refractivity contribution < 1.29 is 0 Å². The molecule has 0 bridgehead atoms. The Bertz CT molecular complexity index is 2370. The van der Waals surface area contributed by atoms with E-state index in [4.69, 9.17) is 19.9 Å². The molecule has 0 N–H and O–H groups in total. The van der Waals surface area contributed by atoms with Gasteiger partial charge in [0.25, 0.3) is 0 Å². The predicted octanol–water partition coefficient (Wildman–Crippen LogP) is 10.8. The van der Waals surface area contributed by atoms with Gasteiger partial charge in [0.15, 0.2) is 5.82 Å². The molecule has 0 aliphatic heterocycles. The van der Waals surface area contributed by atoms with Gasteiger partial charge in [-0.3, -0.25) is 0 Å². The molecule has 0 saturated heterocycles. The van der Waals surface area contributed by atoms with Crippen LogP contribution >= 0.6 is 0 Å². The first-order chi connectivity index (χ1) is 23.7. The van der Waals surface area contributed by atoms with E-state index in [1.54, 1.807) is 6.07 Å². The van der Waals surface area contributed by atoms with Crippen molar-refractivity contribution in [3.05, 3.63) is 157 Å². The Morgan fingerprint density at radius 1 is 0.438 bits per heavy atom. The maximum absolute atomic E-state index is 9.63. The highest BCUT2D eigenvalue weighted by Gasteiger charge is 2.18. The highest BCUT2D eigenvalue weighted by Crippen LogP contribution is 2.38. The maximum Gasteiger partial charge on any atom is 0.161 e. The van der Waals surface area contributed by atoms with Gasteiger partial charge >= 0.3 is 0 Å². The van der Waals surface area contributed by atoms with E-state index in [1.807, 2.05) is 105 Å². The minimum atomic E-state index is 0.572. The number of nitrogens with zero attached hydrogens (tertiary/aromatic N) is 5. The third-order valence-corrected chi connectivity index (χ3v) is 8.12. The standard InChI is InChI=1S/C41H25N5.C2H6/c42-26-27-12-9-17-30(24-27)39-40(44-36-23-8-7-22-35(36)43-39)33-20-10-19-32-31(33)18-11-21-34(32)41-45-37(28-13-3-1-4-14-28)25-38(46-41)29-15-5-2-6-16-29;1-2/h1-25H;1-2H3. The molecule has 228 valence electrons. The van der Waals surface area contributed by atoms with E-state index >= 15 is 0 Å². The highest BCUT2D eigenvalue weighted by atomic mass is 14.9. The summed E-state index contributed by atoms with van der Waals surface area (Å²) in [4.78, 5) is 20.5. The molecule has 0 atom stereocenters. The molecule has 0 amide bonds. The molecule has 0 unspecified atom stereocenters. The quantitative estimate of drug-likeness (QED) is 0.192. The summed E-state index contributed by atoms with van der Waals surface area (Å²) in [6.07, 6.45) is 0. The van der Waals surface area contributed by atoms with Gasteiger partial charge in [-0.05, 0) is 41.1 Å². The molecule has 2 heterocycles. The van der Waals surface area contributed by atoms with Crippen LogP contribution in [0.4, 0.5) is 0 Å². The number of hydrogen-bond donors (Lipinski definition) is 0. The van der Waals surface area contributed by atoms with Crippen LogP contribution in [0, 0.1) is 11.3 Å². The predicted molar refractivity (Wildman–Crippen MR) is 196 cm³/mol. The smallest absolute Gasteiger partial charge is 0.161 e. The van der Waals surface area contributed by atoms with Crippen LogP contribution in [0.15, 0.2) is 152 Å². The summed E-state index contributed by atoms with van der Waals surface area (Å²) in [6, 6.07) is 52.6. The van der Waals surface area contributed by atoms with Gasteiger partial charge in [-0.25, -0.2) is 19.9 Å². The Hall–Kier alpha value is -6.51. The fraction of sp³-hybridized carbons (Fsp3) is 0.0465. The third-order valence-electron chi connectivity index (χ3n) is 8.12. The maximum atomic E-state index is 9.63. The minimum absolute atomic E-state index is 0.572. The lowest BCUT2D eigenvalue weighted by Crippen LogP contribution is -1.98. The minimum Gasteiger partial charge on any atom is -0.244 e. The first-order valence-electron chi connectivity index (χ1n) is 16.0. The molecule has 6 aromatic carbocycles. The lowest BCUT2D eigenvalue weighted by molar-refractivity contribution is 1.19. The number of nitriles is 1. The van der Waals surface area contributed by atoms with Crippen molar-refractivity contribution in [1.29, 1.82) is 5.26 Å². The normalized spacial score (nSPS) is 10.7. The first-order valence-corrected chi connectivity index (χ1v) is 16.0. The van der Waals surface area contributed by atoms with Gasteiger partial charge in [-0.15, -0.1) is 0 Å². The lowest BCUT2D eigenvalue weighted by Gasteiger charge is -2.15. The van der Waals surface area contributed by atoms with Crippen LogP contribution in [0.5, 0.6) is 0 Å². The van der Waals surface area contributed by atoms with Crippen molar-refractivity contribution in [2.24, 2.45) is 0 Å². The Morgan fingerprint density at radius 2 is 0.938 bits per heavy atom. The van der Waals surface area contributed by atoms with Crippen molar-refractivity contribution >= 4 is 21.8 Å². The molecule has 5 nitrogen and oxygen atoms in total. The van der Waals surface area contributed by atoms with Gasteiger partial charge in [-0.2, -0.15) is 5.26 Å². The van der Waals surface area contributed by atoms with Gasteiger partial charge in [0.2, 0.25) is 0 Å². The summed E-state index contributed by atoms with van der Waals surface area (Å²) < 4.78 is 0. The van der Waals surface area contributed by atoms with Crippen molar-refractivity contribution in [1.82, 2.24) is 19.9 Å². The average molecular weight is 618 g/mol. The second-order valence-corrected chi connectivity index (χ2v) is 11.0. The van der Waals surface area contributed by atoms with E-state index in [2.05, 4.69) is 60.7 Å². The van der Waals surface area contributed by atoms with Crippen molar-refractivity contribution in [3.63, 3.8) is 0 Å². The van der Waals surface area contributed by atoms with E-state index in [0.29, 0.717) is 11.4 Å². The molecule has 0 aliphatic carbocycles. The number of benzene rings is 6. The topological polar surface area (TPSA) is 75.3 Å². The molecule has 0 aliphatic rings. The molecular formula is C43H31N5. The summed E-state index contributed by atoms with van der Waals surface area (Å²) in [5, 5.41) is 11.7. The fourth-order valence-electron chi connectivity index (χ4n) is 5.92. The largest absolute Gasteiger partial charge is 0.244 e. The first kappa shape index (κ1) is 30.2. The van der Waals surface area contributed by atoms with Gasteiger partial charge in [0.05, 0.1) is 45.4 Å². The monoisotopic (exact) mass is 617 g/mol. The van der Waals surface area contributed by atoms with E-state index < -0.39 is 0 Å². The molecule has 8 rings (SSSR count). The molecule has 0 spiro atoms. The van der Waals surface area contributed by atoms with E-state index in [1.165, 1.54) is 0 Å². The molecule has 8 aromatic rings. The number of aromatic nitrogens is 4. The summed E-state index contributed by atoms with van der Waals surface area (Å²) in [5.74, 6) is 0.648. The summed E-state index contributed by atoms with van der Waals surface area (Å²) in [5.41, 5.74) is 10.1. The SMILES string of the molecule is CC.N#Cc1cccc(-c2nc3ccccc3nc2-c2cccc3c(-c4nc(-c5ccccc5)cc(-c5ccccc5)n4)cccc23)c1. The number of hydrogen-bond acceptors (Lipinski definition) is 5. The molecule has 48 heavy (non-hydrogen) atoms. The van der Waals surface area contributed by atoms with Gasteiger partial charge in [0.1, 0.15) is 0 Å². The highest BCUT2D eigenvalue weighted by molar-refractivity contribution is 6.05. The number of para-hydroxylation sites is 2. The molecule has 0 fully saturated rings. The number of rotatable bonds is 5. The Kier molecular flexibility index (Phi) is 8.46. The van der Waals surface area contributed by atoms with Crippen LogP contribution in [-0.2, 0) is 0 Å². The van der Waals surface area contributed by atoms with Gasteiger partial charge < -0.3 is 0 Å². The van der Waals surface area contributed by atoms with Crippen LogP contribution in [0.25, 0.3) is 78.2 Å². The Labute approximate surface area is 279 Å². The zero-order valence-electron chi connectivity index (χ0n) is 26.7. The van der Waals surface area contributed by atoms with Crippen molar-refractivity contribution in [2.45, 2.75) is 13.8 Å². The summed E-state index contributed by atoms with van der Waals surface area (Å²) in [7, 11) is 0.